The summed E-state index contributed by atoms with van der Waals surface area (Å²) in [7, 11) is 0. The monoisotopic (exact) mass is 532 g/mol. The van der Waals surface area contributed by atoms with Crippen LogP contribution >= 0.6 is 0 Å². The molecule has 2 aromatic carbocycles. The second-order valence-corrected chi connectivity index (χ2v) is 11.1. The highest BCUT2D eigenvalue weighted by atomic mass is 16.5. The molecule has 39 heavy (non-hydrogen) atoms. The molecule has 1 amide bonds. The first-order valence-electron chi connectivity index (χ1n) is 13.5. The van der Waals surface area contributed by atoms with Crippen LogP contribution in [0.15, 0.2) is 60.1 Å². The molecule has 0 heterocycles. The zero-order chi connectivity index (χ0) is 28.8. The fraction of sp³-hybridized carbons (Fsp3) is 0.438. The van der Waals surface area contributed by atoms with Gasteiger partial charge in [-0.2, -0.15) is 0 Å². The van der Waals surface area contributed by atoms with Crippen LogP contribution in [0.4, 0.5) is 5.69 Å². The summed E-state index contributed by atoms with van der Waals surface area (Å²) in [5, 5.41) is 2.88. The normalized spacial score (nSPS) is 16.4. The third kappa shape index (κ3) is 7.02. The summed E-state index contributed by atoms with van der Waals surface area (Å²) in [5.74, 6) is -1.39. The number of ether oxygens (including phenoxy) is 2. The molecule has 0 aromatic heterocycles. The van der Waals surface area contributed by atoms with Gasteiger partial charge >= 0.3 is 11.9 Å². The molecule has 0 saturated carbocycles. The Labute approximate surface area is 231 Å². The number of hydrogen-bond acceptors (Lipinski definition) is 6. The molecule has 7 nitrogen and oxygen atoms in total. The average molecular weight is 533 g/mol. The van der Waals surface area contributed by atoms with Gasteiger partial charge in [-0.1, -0.05) is 59.4 Å². The Hall–Kier alpha value is -3.74. The molecule has 3 rings (SSSR count). The van der Waals surface area contributed by atoms with Gasteiger partial charge in [-0.25, -0.2) is 9.59 Å². The van der Waals surface area contributed by atoms with E-state index in [4.69, 9.17) is 9.47 Å². The molecule has 1 aliphatic rings. The number of anilines is 1. The number of rotatable bonds is 10. The average Bonchev–Trinajstić information content (AvgIpc) is 2.91. The van der Waals surface area contributed by atoms with Gasteiger partial charge in [-0.3, -0.25) is 9.79 Å². The predicted octanol–water partition coefficient (Wildman–Crippen LogP) is 6.15. The van der Waals surface area contributed by atoms with E-state index in [9.17, 15) is 14.4 Å². The molecule has 0 aliphatic heterocycles. The molecule has 1 aliphatic carbocycles. The van der Waals surface area contributed by atoms with Gasteiger partial charge in [0, 0.05) is 11.3 Å². The maximum atomic E-state index is 13.7. The van der Waals surface area contributed by atoms with E-state index in [1.165, 1.54) is 17.2 Å². The van der Waals surface area contributed by atoms with Crippen molar-refractivity contribution in [3.63, 3.8) is 0 Å². The van der Waals surface area contributed by atoms with E-state index in [0.717, 1.165) is 12.8 Å². The quantitative estimate of drug-likeness (QED) is 0.225. The van der Waals surface area contributed by atoms with E-state index in [2.05, 4.69) is 50.6 Å². The van der Waals surface area contributed by atoms with Crippen LogP contribution in [-0.4, -0.2) is 42.8 Å². The van der Waals surface area contributed by atoms with Gasteiger partial charge in [-0.05, 0) is 78.5 Å². The molecule has 0 fully saturated rings. The van der Waals surface area contributed by atoms with Gasteiger partial charge in [0.25, 0.3) is 5.91 Å². The molecule has 0 saturated heterocycles. The number of nitrogens with zero attached hydrogens (tertiary/aromatic N) is 1. The summed E-state index contributed by atoms with van der Waals surface area (Å²) in [6.45, 7) is 16.4. The minimum Gasteiger partial charge on any atom is -0.464 e. The van der Waals surface area contributed by atoms with Crippen LogP contribution in [0.3, 0.4) is 0 Å². The van der Waals surface area contributed by atoms with Crippen LogP contribution in [0.5, 0.6) is 0 Å². The second-order valence-electron chi connectivity index (χ2n) is 11.1. The van der Waals surface area contributed by atoms with Gasteiger partial charge in [0.15, 0.2) is 0 Å². The molecule has 0 spiro atoms. The summed E-state index contributed by atoms with van der Waals surface area (Å²) in [6.07, 6.45) is 3.99. The van der Waals surface area contributed by atoms with Gasteiger partial charge in [0.1, 0.15) is 18.4 Å². The van der Waals surface area contributed by atoms with Crippen molar-refractivity contribution in [2.24, 2.45) is 4.99 Å². The maximum Gasteiger partial charge on any atom is 0.338 e. The zero-order valence-corrected chi connectivity index (χ0v) is 23.9. The summed E-state index contributed by atoms with van der Waals surface area (Å²) in [4.78, 5) is 43.0. The largest absolute Gasteiger partial charge is 0.464 e. The first-order chi connectivity index (χ1) is 18.4. The number of nitrogens with one attached hydrogen (secondary N) is 1. The Morgan fingerprint density at radius 2 is 1.56 bits per heavy atom. The molecule has 7 heteroatoms. The lowest BCUT2D eigenvalue weighted by Gasteiger charge is -2.42. The number of carbonyl (C=O) groups is 3. The lowest BCUT2D eigenvalue weighted by Crippen LogP contribution is -2.35. The molecule has 0 bridgehead atoms. The van der Waals surface area contributed by atoms with Crippen molar-refractivity contribution in [2.45, 2.75) is 77.7 Å². The molecular formula is C32H40N2O5. The minimum atomic E-state index is -0.812. The van der Waals surface area contributed by atoms with E-state index in [1.54, 1.807) is 31.2 Å². The van der Waals surface area contributed by atoms with Gasteiger partial charge < -0.3 is 14.8 Å². The van der Waals surface area contributed by atoms with Crippen molar-refractivity contribution in [1.29, 1.82) is 0 Å². The summed E-state index contributed by atoms with van der Waals surface area (Å²) < 4.78 is 10.3. The third-order valence-electron chi connectivity index (χ3n) is 7.28. The van der Waals surface area contributed by atoms with Crippen molar-refractivity contribution >= 4 is 29.2 Å². The number of amides is 1. The predicted molar refractivity (Wildman–Crippen MR) is 155 cm³/mol. The Kier molecular flexibility index (Phi) is 9.49. The Bertz CT molecular complexity index is 1260. The number of carbonyl (C=O) groups excluding carboxylic acids is 3. The van der Waals surface area contributed by atoms with Gasteiger partial charge in [-0.15, -0.1) is 0 Å². The summed E-state index contributed by atoms with van der Waals surface area (Å²) >= 11 is 0. The molecule has 1 unspecified atom stereocenters. The first kappa shape index (κ1) is 29.8. The van der Waals surface area contributed by atoms with E-state index < -0.39 is 23.9 Å². The van der Waals surface area contributed by atoms with E-state index in [0.29, 0.717) is 23.2 Å². The minimum absolute atomic E-state index is 0.0222. The van der Waals surface area contributed by atoms with E-state index >= 15 is 0 Å². The summed E-state index contributed by atoms with van der Waals surface area (Å²) in [5.41, 5.74) is 4.05. The Balaban J connectivity index is 2.01. The van der Waals surface area contributed by atoms with E-state index in [-0.39, 0.29) is 29.8 Å². The first-order valence-corrected chi connectivity index (χ1v) is 13.5. The highest BCUT2D eigenvalue weighted by molar-refractivity contribution is 6.49. The lowest BCUT2D eigenvalue weighted by molar-refractivity contribution is -0.144. The molecular weight excluding hydrogens is 492 g/mol. The fourth-order valence-corrected chi connectivity index (χ4v) is 4.80. The zero-order valence-electron chi connectivity index (χ0n) is 23.9. The number of hydrogen-bond donors (Lipinski definition) is 1. The number of benzene rings is 2. The van der Waals surface area contributed by atoms with Crippen LogP contribution in [0.2, 0.25) is 0 Å². The molecule has 1 N–H and O–H groups in total. The van der Waals surface area contributed by atoms with Crippen molar-refractivity contribution in [1.82, 2.24) is 0 Å². The van der Waals surface area contributed by atoms with Crippen LogP contribution in [0.1, 0.15) is 87.9 Å². The molecule has 1 atom stereocenters. The van der Waals surface area contributed by atoms with Crippen LogP contribution in [0.25, 0.3) is 0 Å². The topological polar surface area (TPSA) is 94.1 Å². The second kappa shape index (κ2) is 12.4. The maximum absolute atomic E-state index is 13.7. The van der Waals surface area contributed by atoms with Crippen molar-refractivity contribution in [3.05, 3.63) is 77.4 Å². The number of fused-ring (bicyclic) bond motifs is 1. The molecule has 0 radical (unpaired) electrons. The standard InChI is InChI=1S/C32H40N2O5/c1-8-19-39-29(36)21-11-14-23(15-12-21)33-28(35)27(34-26(9-2)30(37)38-10-3)22-13-16-24-25(20-22)32(6,7)18-17-31(24,4)5/h8,11-16,20,26H,1,9-10,17-19H2,2-7H3,(H,33,35). The number of esters is 2. The Morgan fingerprint density at radius 3 is 2.15 bits per heavy atom. The van der Waals surface area contributed by atoms with Gasteiger partial charge in [0.05, 0.1) is 12.2 Å². The fourth-order valence-electron chi connectivity index (χ4n) is 4.80. The molecule has 208 valence electrons. The third-order valence-corrected chi connectivity index (χ3v) is 7.28. The Morgan fingerprint density at radius 1 is 0.949 bits per heavy atom. The smallest absolute Gasteiger partial charge is 0.338 e. The highest BCUT2D eigenvalue weighted by Gasteiger charge is 2.37. The van der Waals surface area contributed by atoms with Gasteiger partial charge in [0.2, 0.25) is 0 Å². The summed E-state index contributed by atoms with van der Waals surface area (Å²) in [6, 6.07) is 11.6. The van der Waals surface area contributed by atoms with Crippen molar-refractivity contribution < 1.29 is 23.9 Å². The molecule has 2 aromatic rings. The highest BCUT2D eigenvalue weighted by Crippen LogP contribution is 2.46. The lowest BCUT2D eigenvalue weighted by atomic mass is 9.63. The van der Waals surface area contributed by atoms with Crippen molar-refractivity contribution in [2.75, 3.05) is 18.5 Å². The number of aliphatic imine (C=N–C) groups is 1. The SMILES string of the molecule is C=CCOC(=O)c1ccc(NC(=O)C(=NC(CC)C(=O)OCC)c2ccc3c(c2)C(C)(C)CCC3(C)C)cc1. The van der Waals surface area contributed by atoms with E-state index in [1.807, 2.05) is 19.1 Å². The van der Waals surface area contributed by atoms with Crippen molar-refractivity contribution in [3.8, 4) is 0 Å². The van der Waals surface area contributed by atoms with Crippen LogP contribution < -0.4 is 5.32 Å². The van der Waals surface area contributed by atoms with Crippen LogP contribution in [0, 0.1) is 0 Å². The van der Waals surface area contributed by atoms with Crippen LogP contribution in [-0.2, 0) is 29.9 Å².